The van der Waals surface area contributed by atoms with E-state index < -0.39 is 0 Å². The first-order valence-corrected chi connectivity index (χ1v) is 7.80. The zero-order valence-electron chi connectivity index (χ0n) is 13.6. The number of fused-ring (bicyclic) bond motifs is 1. The summed E-state index contributed by atoms with van der Waals surface area (Å²) in [5, 5.41) is 3.18. The number of nitrogens with zero attached hydrogens (tertiary/aromatic N) is 2. The molecule has 4 heteroatoms. The molecule has 1 aromatic heterocycles. The van der Waals surface area contributed by atoms with E-state index in [4.69, 9.17) is 0 Å². The zero-order valence-corrected chi connectivity index (χ0v) is 13.6. The maximum absolute atomic E-state index is 12.7. The number of ketones is 1. The molecule has 3 rings (SSSR count). The lowest BCUT2D eigenvalue weighted by Gasteiger charge is -2.11. The standard InChI is InChI=1S/C21H17N3O/c1-3-9-15(4-2)21(25)16-10-5-6-11-17(16)23-20-14-22-18-12-7-8-13-19(18)24-20/h3-14H,1-2H2,(H,23,24)/b15-9+. The van der Waals surface area contributed by atoms with Crippen molar-refractivity contribution in [3.05, 3.63) is 97.3 Å². The van der Waals surface area contributed by atoms with E-state index in [-0.39, 0.29) is 5.78 Å². The van der Waals surface area contributed by atoms with Gasteiger partial charge in [-0.2, -0.15) is 0 Å². The van der Waals surface area contributed by atoms with E-state index in [1.165, 1.54) is 6.08 Å². The van der Waals surface area contributed by atoms with Crippen molar-refractivity contribution in [2.45, 2.75) is 0 Å². The molecule has 0 saturated heterocycles. The van der Waals surface area contributed by atoms with Gasteiger partial charge in [0.15, 0.2) is 5.78 Å². The molecule has 0 fully saturated rings. The summed E-state index contributed by atoms with van der Waals surface area (Å²) in [7, 11) is 0. The van der Waals surface area contributed by atoms with Gasteiger partial charge in [-0.3, -0.25) is 9.78 Å². The number of hydrogen-bond acceptors (Lipinski definition) is 4. The normalized spacial score (nSPS) is 11.1. The molecule has 0 amide bonds. The molecule has 1 N–H and O–H groups in total. The highest BCUT2D eigenvalue weighted by molar-refractivity contribution is 6.14. The molecule has 0 aliphatic heterocycles. The number of nitrogens with one attached hydrogen (secondary N) is 1. The molecule has 25 heavy (non-hydrogen) atoms. The predicted molar refractivity (Wildman–Crippen MR) is 102 cm³/mol. The van der Waals surface area contributed by atoms with E-state index in [9.17, 15) is 4.79 Å². The first-order chi connectivity index (χ1) is 12.2. The summed E-state index contributed by atoms with van der Waals surface area (Å²) in [5.74, 6) is 0.443. The third-order valence-corrected chi connectivity index (χ3v) is 3.66. The van der Waals surface area contributed by atoms with Crippen molar-refractivity contribution in [3.63, 3.8) is 0 Å². The number of allylic oxidation sites excluding steroid dienone is 4. The van der Waals surface area contributed by atoms with Gasteiger partial charge in [-0.1, -0.05) is 55.7 Å². The molecule has 0 spiro atoms. The Morgan fingerprint density at radius 3 is 2.48 bits per heavy atom. The number of carbonyl (C=O) groups excluding carboxylic acids is 1. The highest BCUT2D eigenvalue weighted by Gasteiger charge is 2.14. The van der Waals surface area contributed by atoms with Crippen molar-refractivity contribution < 1.29 is 4.79 Å². The SMILES string of the molecule is C=C/C=C(\C=C)C(=O)c1ccccc1Nc1cnc2ccccc2n1. The summed E-state index contributed by atoms with van der Waals surface area (Å²) in [6, 6.07) is 14.9. The molecule has 0 atom stereocenters. The lowest BCUT2D eigenvalue weighted by molar-refractivity contribution is 0.103. The van der Waals surface area contributed by atoms with Gasteiger partial charge in [0.1, 0.15) is 5.82 Å². The summed E-state index contributed by atoms with van der Waals surface area (Å²) < 4.78 is 0. The molecular weight excluding hydrogens is 310 g/mol. The fourth-order valence-corrected chi connectivity index (χ4v) is 2.46. The van der Waals surface area contributed by atoms with Crippen LogP contribution in [0.2, 0.25) is 0 Å². The molecule has 0 unspecified atom stereocenters. The molecule has 0 saturated carbocycles. The fraction of sp³-hybridized carbons (Fsp3) is 0. The van der Waals surface area contributed by atoms with Crippen LogP contribution in [0, 0.1) is 0 Å². The van der Waals surface area contributed by atoms with E-state index >= 15 is 0 Å². The average Bonchev–Trinajstić information content (AvgIpc) is 2.66. The maximum Gasteiger partial charge on any atom is 0.195 e. The second-order valence-corrected chi connectivity index (χ2v) is 5.31. The zero-order chi connectivity index (χ0) is 17.6. The van der Waals surface area contributed by atoms with Crippen molar-refractivity contribution in [2.75, 3.05) is 5.32 Å². The van der Waals surface area contributed by atoms with Crippen molar-refractivity contribution >= 4 is 28.3 Å². The quantitative estimate of drug-likeness (QED) is 0.399. The summed E-state index contributed by atoms with van der Waals surface area (Å²) in [6.45, 7) is 7.33. The van der Waals surface area contributed by atoms with Gasteiger partial charge in [-0.05, 0) is 24.3 Å². The lowest BCUT2D eigenvalue weighted by atomic mass is 10.0. The minimum atomic E-state index is -0.133. The van der Waals surface area contributed by atoms with Gasteiger partial charge in [0.05, 0.1) is 22.9 Å². The number of rotatable bonds is 6. The molecule has 0 aliphatic rings. The Morgan fingerprint density at radius 2 is 1.72 bits per heavy atom. The molecule has 122 valence electrons. The van der Waals surface area contributed by atoms with Gasteiger partial charge in [0, 0.05) is 11.1 Å². The number of para-hydroxylation sites is 3. The number of benzene rings is 2. The Morgan fingerprint density at radius 1 is 1.00 bits per heavy atom. The second-order valence-electron chi connectivity index (χ2n) is 5.31. The summed E-state index contributed by atoms with van der Waals surface area (Å²) in [5.41, 5.74) is 3.28. The Hall–Kier alpha value is -3.53. The Bertz CT molecular complexity index is 989. The number of hydrogen-bond donors (Lipinski definition) is 1. The number of aromatic nitrogens is 2. The monoisotopic (exact) mass is 327 g/mol. The first-order valence-electron chi connectivity index (χ1n) is 7.80. The Kier molecular flexibility index (Phi) is 4.81. The van der Waals surface area contributed by atoms with Gasteiger partial charge in [0.25, 0.3) is 0 Å². The highest BCUT2D eigenvalue weighted by atomic mass is 16.1. The van der Waals surface area contributed by atoms with E-state index in [0.29, 0.717) is 22.6 Å². The van der Waals surface area contributed by atoms with Gasteiger partial charge in [-0.15, -0.1) is 0 Å². The molecule has 0 aliphatic carbocycles. The minimum absolute atomic E-state index is 0.133. The van der Waals surface area contributed by atoms with E-state index in [0.717, 1.165) is 11.0 Å². The highest BCUT2D eigenvalue weighted by Crippen LogP contribution is 2.23. The Balaban J connectivity index is 1.97. The van der Waals surface area contributed by atoms with Crippen LogP contribution in [-0.4, -0.2) is 15.8 Å². The van der Waals surface area contributed by atoms with Gasteiger partial charge >= 0.3 is 0 Å². The van der Waals surface area contributed by atoms with Crippen LogP contribution in [-0.2, 0) is 0 Å². The number of anilines is 2. The third-order valence-electron chi connectivity index (χ3n) is 3.66. The summed E-state index contributed by atoms with van der Waals surface area (Å²) in [4.78, 5) is 21.6. The van der Waals surface area contributed by atoms with Crippen LogP contribution < -0.4 is 5.32 Å². The molecule has 2 aromatic carbocycles. The molecule has 1 heterocycles. The van der Waals surface area contributed by atoms with E-state index in [1.54, 1.807) is 24.4 Å². The van der Waals surface area contributed by atoms with Crippen LogP contribution in [0.5, 0.6) is 0 Å². The van der Waals surface area contributed by atoms with Crippen LogP contribution in [0.1, 0.15) is 10.4 Å². The average molecular weight is 327 g/mol. The number of carbonyl (C=O) groups is 1. The van der Waals surface area contributed by atoms with Crippen LogP contribution in [0.25, 0.3) is 11.0 Å². The van der Waals surface area contributed by atoms with Gasteiger partial charge in [-0.25, -0.2) is 4.98 Å². The van der Waals surface area contributed by atoms with Crippen LogP contribution >= 0.6 is 0 Å². The van der Waals surface area contributed by atoms with Gasteiger partial charge in [0.2, 0.25) is 0 Å². The minimum Gasteiger partial charge on any atom is -0.338 e. The molecular formula is C21H17N3O. The maximum atomic E-state index is 12.7. The summed E-state index contributed by atoms with van der Waals surface area (Å²) in [6.07, 6.45) is 6.38. The third kappa shape index (κ3) is 3.53. The topological polar surface area (TPSA) is 54.9 Å². The lowest BCUT2D eigenvalue weighted by Crippen LogP contribution is -2.06. The fourth-order valence-electron chi connectivity index (χ4n) is 2.46. The van der Waals surface area contributed by atoms with Crippen molar-refractivity contribution in [3.8, 4) is 0 Å². The molecule has 0 bridgehead atoms. The second kappa shape index (κ2) is 7.36. The first kappa shape index (κ1) is 16.3. The van der Waals surface area contributed by atoms with E-state index in [1.807, 2.05) is 42.5 Å². The molecule has 3 aromatic rings. The van der Waals surface area contributed by atoms with Crippen LogP contribution in [0.4, 0.5) is 11.5 Å². The van der Waals surface area contributed by atoms with Crippen molar-refractivity contribution in [2.24, 2.45) is 0 Å². The van der Waals surface area contributed by atoms with Gasteiger partial charge < -0.3 is 5.32 Å². The van der Waals surface area contributed by atoms with Crippen molar-refractivity contribution in [1.29, 1.82) is 0 Å². The van der Waals surface area contributed by atoms with Crippen LogP contribution in [0.15, 0.2) is 91.7 Å². The Labute approximate surface area is 146 Å². The van der Waals surface area contributed by atoms with E-state index in [2.05, 4.69) is 28.4 Å². The number of Topliss-reactive ketones (excluding diaryl/α,β-unsaturated/α-hetero) is 1. The van der Waals surface area contributed by atoms with Crippen LogP contribution in [0.3, 0.4) is 0 Å². The summed E-state index contributed by atoms with van der Waals surface area (Å²) >= 11 is 0. The predicted octanol–water partition coefficient (Wildman–Crippen LogP) is 4.85. The molecule has 4 nitrogen and oxygen atoms in total. The van der Waals surface area contributed by atoms with Crippen molar-refractivity contribution in [1.82, 2.24) is 9.97 Å². The largest absolute Gasteiger partial charge is 0.338 e. The smallest absolute Gasteiger partial charge is 0.195 e. The molecule has 0 radical (unpaired) electrons.